The third-order valence-electron chi connectivity index (χ3n) is 5.50. The number of hydrogen-bond acceptors (Lipinski definition) is 8. The van der Waals surface area contributed by atoms with Gasteiger partial charge in [-0.25, -0.2) is 9.48 Å². The Morgan fingerprint density at radius 3 is 2.68 bits per heavy atom. The maximum absolute atomic E-state index is 11.4. The second-order valence-electron chi connectivity index (χ2n) is 7.62. The van der Waals surface area contributed by atoms with Gasteiger partial charge in [-0.3, -0.25) is 15.0 Å². The van der Waals surface area contributed by atoms with Crippen molar-refractivity contribution < 1.29 is 14.1 Å². The highest BCUT2D eigenvalue weighted by molar-refractivity contribution is 5.77. The van der Waals surface area contributed by atoms with Crippen LogP contribution in [0.3, 0.4) is 0 Å². The number of piperazine rings is 1. The van der Waals surface area contributed by atoms with Gasteiger partial charge in [-0.05, 0) is 31.5 Å². The summed E-state index contributed by atoms with van der Waals surface area (Å²) in [7, 11) is 1.75. The third kappa shape index (κ3) is 4.53. The average Bonchev–Trinajstić information content (AvgIpc) is 3.05. The molecule has 10 nitrogen and oxygen atoms in total. The lowest BCUT2D eigenvalue weighted by molar-refractivity contribution is -0.384. The zero-order valence-electron chi connectivity index (χ0n) is 17.6. The minimum absolute atomic E-state index is 0.0931. The van der Waals surface area contributed by atoms with Crippen molar-refractivity contribution in [3.63, 3.8) is 0 Å². The predicted octanol–water partition coefficient (Wildman–Crippen LogP) is 2.33. The second kappa shape index (κ2) is 8.76. The van der Waals surface area contributed by atoms with Crippen molar-refractivity contribution >= 4 is 22.5 Å². The van der Waals surface area contributed by atoms with Gasteiger partial charge in [0.15, 0.2) is 0 Å². The number of nitrogens with zero attached hydrogens (tertiary/aromatic N) is 5. The van der Waals surface area contributed by atoms with Gasteiger partial charge in [0, 0.05) is 57.3 Å². The highest BCUT2D eigenvalue weighted by Gasteiger charge is 2.30. The summed E-state index contributed by atoms with van der Waals surface area (Å²) in [6.45, 7) is 6.17. The molecule has 3 heterocycles. The summed E-state index contributed by atoms with van der Waals surface area (Å²) in [5, 5.41) is 16.5. The molecule has 0 spiro atoms. The number of benzene rings is 1. The summed E-state index contributed by atoms with van der Waals surface area (Å²) < 4.78 is 12.6. The van der Waals surface area contributed by atoms with Crippen molar-refractivity contribution in [2.75, 3.05) is 44.2 Å². The van der Waals surface area contributed by atoms with Gasteiger partial charge in [-0.1, -0.05) is 0 Å². The predicted molar refractivity (Wildman–Crippen MR) is 116 cm³/mol. The molecule has 1 saturated heterocycles. The highest BCUT2D eigenvalue weighted by atomic mass is 16.6. The number of fused-ring (bicyclic) bond motifs is 1. The molecule has 0 amide bonds. The molecular formula is C21H25N5O5. The molecule has 164 valence electrons. The second-order valence-corrected chi connectivity index (χ2v) is 7.62. The Morgan fingerprint density at radius 2 is 1.94 bits per heavy atom. The first kappa shape index (κ1) is 20.9. The van der Waals surface area contributed by atoms with E-state index in [1.165, 1.54) is 6.07 Å². The van der Waals surface area contributed by atoms with E-state index in [1.807, 2.05) is 17.0 Å². The van der Waals surface area contributed by atoms with Crippen LogP contribution in [0.1, 0.15) is 12.1 Å². The van der Waals surface area contributed by atoms with Crippen molar-refractivity contribution in [2.24, 2.45) is 7.05 Å². The van der Waals surface area contributed by atoms with E-state index in [4.69, 9.17) is 9.15 Å². The summed E-state index contributed by atoms with van der Waals surface area (Å²) in [5.74, 6) is 1.25. The standard InChI is InChI=1S/C21H25N5O5/c1-15-20(26(28)29)21(23(2)22-15)25-11-9-24(10-12-25)8-3-13-30-17-6-4-16-5-7-19(27)31-18(16)14-17/h4-7,14H,3,8-13H2,1-2H3. The van der Waals surface area contributed by atoms with Crippen molar-refractivity contribution in [1.82, 2.24) is 14.7 Å². The van der Waals surface area contributed by atoms with E-state index in [9.17, 15) is 14.9 Å². The molecule has 0 bridgehead atoms. The molecule has 1 fully saturated rings. The zero-order valence-corrected chi connectivity index (χ0v) is 17.6. The monoisotopic (exact) mass is 427 g/mol. The molecule has 3 aromatic rings. The number of anilines is 1. The van der Waals surface area contributed by atoms with E-state index in [2.05, 4.69) is 10.00 Å². The van der Waals surface area contributed by atoms with Crippen molar-refractivity contribution in [3.05, 3.63) is 56.6 Å². The van der Waals surface area contributed by atoms with E-state index < -0.39 is 0 Å². The minimum atomic E-state index is -0.379. The lowest BCUT2D eigenvalue weighted by Gasteiger charge is -2.35. The van der Waals surface area contributed by atoms with Crippen LogP contribution in [0.2, 0.25) is 0 Å². The first-order valence-electron chi connectivity index (χ1n) is 10.2. The number of aryl methyl sites for hydroxylation is 2. The van der Waals surface area contributed by atoms with Crippen LogP contribution in [0.4, 0.5) is 11.5 Å². The van der Waals surface area contributed by atoms with Crippen LogP contribution in [-0.2, 0) is 7.05 Å². The summed E-state index contributed by atoms with van der Waals surface area (Å²) in [6, 6.07) is 8.59. The minimum Gasteiger partial charge on any atom is -0.493 e. The summed E-state index contributed by atoms with van der Waals surface area (Å²) in [5.41, 5.74) is 0.668. The van der Waals surface area contributed by atoms with Crippen molar-refractivity contribution in [1.29, 1.82) is 0 Å². The SMILES string of the molecule is Cc1nn(C)c(N2CCN(CCCOc3ccc4ccc(=O)oc4c3)CC2)c1[N+](=O)[O-]. The van der Waals surface area contributed by atoms with Crippen LogP contribution < -0.4 is 15.3 Å². The van der Waals surface area contributed by atoms with Crippen LogP contribution >= 0.6 is 0 Å². The van der Waals surface area contributed by atoms with Crippen LogP contribution in [0.15, 0.2) is 39.5 Å². The largest absolute Gasteiger partial charge is 0.493 e. The van der Waals surface area contributed by atoms with Crippen LogP contribution in [-0.4, -0.2) is 58.9 Å². The van der Waals surface area contributed by atoms with Gasteiger partial charge in [0.2, 0.25) is 5.82 Å². The fourth-order valence-corrected chi connectivity index (χ4v) is 4.00. The van der Waals surface area contributed by atoms with E-state index >= 15 is 0 Å². The van der Waals surface area contributed by atoms with Gasteiger partial charge in [0.1, 0.15) is 17.0 Å². The van der Waals surface area contributed by atoms with Gasteiger partial charge < -0.3 is 14.1 Å². The fourth-order valence-electron chi connectivity index (χ4n) is 4.00. The third-order valence-corrected chi connectivity index (χ3v) is 5.50. The zero-order chi connectivity index (χ0) is 22.0. The molecule has 0 radical (unpaired) electrons. The maximum Gasteiger partial charge on any atom is 0.336 e. The Hall–Kier alpha value is -3.40. The molecular weight excluding hydrogens is 402 g/mol. The van der Waals surface area contributed by atoms with Crippen LogP contribution in [0, 0.1) is 17.0 Å². The number of rotatable bonds is 7. The first-order valence-corrected chi connectivity index (χ1v) is 10.2. The van der Waals surface area contributed by atoms with Crippen molar-refractivity contribution in [2.45, 2.75) is 13.3 Å². The number of nitro groups is 1. The van der Waals surface area contributed by atoms with Crippen LogP contribution in [0.25, 0.3) is 11.0 Å². The highest BCUT2D eigenvalue weighted by Crippen LogP contribution is 2.31. The summed E-state index contributed by atoms with van der Waals surface area (Å²) in [6.07, 6.45) is 0.849. The fraction of sp³-hybridized carbons (Fsp3) is 0.429. The lowest BCUT2D eigenvalue weighted by Crippen LogP contribution is -2.47. The lowest BCUT2D eigenvalue weighted by atomic mass is 10.2. The maximum atomic E-state index is 11.4. The van der Waals surface area contributed by atoms with Gasteiger partial charge >= 0.3 is 11.3 Å². The molecule has 1 aromatic carbocycles. The molecule has 0 aliphatic carbocycles. The first-order chi connectivity index (χ1) is 14.9. The summed E-state index contributed by atoms with van der Waals surface area (Å²) >= 11 is 0. The van der Waals surface area contributed by atoms with Crippen LogP contribution in [0.5, 0.6) is 5.75 Å². The molecule has 2 aromatic heterocycles. The average molecular weight is 427 g/mol. The van der Waals surface area contributed by atoms with Gasteiger partial charge in [0.05, 0.1) is 11.5 Å². The van der Waals surface area contributed by atoms with Gasteiger partial charge in [-0.2, -0.15) is 5.10 Å². The molecule has 4 rings (SSSR count). The van der Waals surface area contributed by atoms with E-state index in [1.54, 1.807) is 30.8 Å². The molecule has 10 heteroatoms. The molecule has 1 aliphatic rings. The quantitative estimate of drug-likeness (QED) is 0.245. The van der Waals surface area contributed by atoms with E-state index in [-0.39, 0.29) is 16.2 Å². The van der Waals surface area contributed by atoms with Crippen molar-refractivity contribution in [3.8, 4) is 5.75 Å². The Labute approximate surface area is 178 Å². The molecule has 0 unspecified atom stereocenters. The molecule has 1 aliphatic heterocycles. The Balaban J connectivity index is 1.26. The smallest absolute Gasteiger partial charge is 0.336 e. The Kier molecular flexibility index (Phi) is 5.90. The molecule has 0 N–H and O–H groups in total. The normalized spacial score (nSPS) is 14.8. The Bertz CT molecular complexity index is 1150. The molecule has 31 heavy (non-hydrogen) atoms. The number of ether oxygens (including phenoxy) is 1. The topological polar surface area (TPSA) is 107 Å². The van der Waals surface area contributed by atoms with E-state index in [0.29, 0.717) is 42.5 Å². The summed E-state index contributed by atoms with van der Waals surface area (Å²) in [4.78, 5) is 26.8. The Morgan fingerprint density at radius 1 is 1.19 bits per heavy atom. The van der Waals surface area contributed by atoms with E-state index in [0.717, 1.165) is 31.4 Å². The molecule has 0 saturated carbocycles. The van der Waals surface area contributed by atoms with Gasteiger partial charge in [0.25, 0.3) is 0 Å². The van der Waals surface area contributed by atoms with Gasteiger partial charge in [-0.15, -0.1) is 0 Å². The molecule has 0 atom stereocenters. The number of hydrogen-bond donors (Lipinski definition) is 0. The number of aromatic nitrogens is 2.